The summed E-state index contributed by atoms with van der Waals surface area (Å²) >= 11 is 0. The second-order valence-electron chi connectivity index (χ2n) is 2.83. The molecule has 0 aliphatic heterocycles. The van der Waals surface area contributed by atoms with E-state index in [2.05, 4.69) is 5.10 Å². The van der Waals surface area contributed by atoms with Crippen LogP contribution < -0.4 is 11.6 Å². The van der Waals surface area contributed by atoms with E-state index in [-0.39, 0.29) is 0 Å². The summed E-state index contributed by atoms with van der Waals surface area (Å²) in [5.74, 6) is 5.46. The molecular weight excluding hydrogens is 150 g/mol. The zero-order chi connectivity index (χ0) is 9.14. The van der Waals surface area contributed by atoms with E-state index in [4.69, 9.17) is 11.6 Å². The number of aryl methyl sites for hydroxylation is 2. The lowest BCUT2D eigenvalue weighted by Crippen LogP contribution is -2.16. The zero-order valence-corrected chi connectivity index (χ0v) is 7.33. The van der Waals surface area contributed by atoms with Gasteiger partial charge in [0.1, 0.15) is 0 Å². The first-order valence-electron chi connectivity index (χ1n) is 3.76. The molecule has 64 valence electrons. The first-order valence-corrected chi connectivity index (χ1v) is 3.76. The minimum absolute atomic E-state index is 0.382. The lowest BCUT2D eigenvalue weighted by atomic mass is 10.1. The molecule has 1 aromatic rings. The average molecular weight is 163 g/mol. The molecule has 1 rings (SSSR count). The standard InChI is InChI=1S/C9H13N3/c1-6-3-4-8(7(2)5-6)9(10)12-11/h3-5H,11H2,1-2H3,(H2,10,12). The third kappa shape index (κ3) is 1.56. The van der Waals surface area contributed by atoms with Crippen molar-refractivity contribution in [2.24, 2.45) is 16.7 Å². The Bertz CT molecular complexity index is 316. The number of benzene rings is 1. The van der Waals surface area contributed by atoms with Crippen LogP contribution in [0.1, 0.15) is 16.7 Å². The van der Waals surface area contributed by atoms with Crippen molar-refractivity contribution < 1.29 is 0 Å². The third-order valence-electron chi connectivity index (χ3n) is 1.80. The lowest BCUT2D eigenvalue weighted by molar-refractivity contribution is 1.22. The van der Waals surface area contributed by atoms with E-state index >= 15 is 0 Å². The maximum atomic E-state index is 5.57. The minimum atomic E-state index is 0.382. The van der Waals surface area contributed by atoms with Crippen molar-refractivity contribution in [3.05, 3.63) is 34.9 Å². The van der Waals surface area contributed by atoms with E-state index in [9.17, 15) is 0 Å². The molecule has 3 nitrogen and oxygen atoms in total. The monoisotopic (exact) mass is 163 g/mol. The summed E-state index contributed by atoms with van der Waals surface area (Å²) in [4.78, 5) is 0. The molecule has 0 radical (unpaired) electrons. The molecule has 0 amide bonds. The lowest BCUT2D eigenvalue weighted by Gasteiger charge is -2.04. The second-order valence-corrected chi connectivity index (χ2v) is 2.83. The van der Waals surface area contributed by atoms with E-state index in [0.29, 0.717) is 5.84 Å². The van der Waals surface area contributed by atoms with E-state index in [1.807, 2.05) is 32.0 Å². The molecule has 0 atom stereocenters. The molecule has 1 aromatic carbocycles. The molecule has 0 saturated carbocycles. The first-order chi connectivity index (χ1) is 5.65. The van der Waals surface area contributed by atoms with Gasteiger partial charge < -0.3 is 11.6 Å². The Morgan fingerprint density at radius 1 is 1.33 bits per heavy atom. The molecule has 0 bridgehead atoms. The van der Waals surface area contributed by atoms with Crippen LogP contribution in [0.25, 0.3) is 0 Å². The smallest absolute Gasteiger partial charge is 0.150 e. The van der Waals surface area contributed by atoms with E-state index in [0.717, 1.165) is 11.1 Å². The van der Waals surface area contributed by atoms with Gasteiger partial charge in [-0.05, 0) is 19.4 Å². The molecule has 4 N–H and O–H groups in total. The summed E-state index contributed by atoms with van der Waals surface area (Å²) in [5.41, 5.74) is 8.78. The van der Waals surface area contributed by atoms with Gasteiger partial charge in [-0.15, -0.1) is 0 Å². The molecule has 0 aliphatic carbocycles. The van der Waals surface area contributed by atoms with Gasteiger partial charge in [-0.1, -0.05) is 23.8 Å². The van der Waals surface area contributed by atoms with Crippen LogP contribution >= 0.6 is 0 Å². The van der Waals surface area contributed by atoms with Gasteiger partial charge in [0.25, 0.3) is 0 Å². The molecule has 0 unspecified atom stereocenters. The van der Waals surface area contributed by atoms with Gasteiger partial charge in [-0.3, -0.25) is 0 Å². The normalized spacial score (nSPS) is 11.7. The van der Waals surface area contributed by atoms with Gasteiger partial charge in [0.15, 0.2) is 5.84 Å². The maximum absolute atomic E-state index is 5.57. The molecular formula is C9H13N3. The number of nitrogens with zero attached hydrogens (tertiary/aromatic N) is 1. The van der Waals surface area contributed by atoms with Crippen LogP contribution in [0.15, 0.2) is 23.3 Å². The van der Waals surface area contributed by atoms with Gasteiger partial charge in [0.2, 0.25) is 0 Å². The van der Waals surface area contributed by atoms with E-state index < -0.39 is 0 Å². The average Bonchev–Trinajstić information content (AvgIpc) is 2.03. The predicted molar refractivity (Wildman–Crippen MR) is 50.8 cm³/mol. The van der Waals surface area contributed by atoms with Crippen molar-refractivity contribution in [1.82, 2.24) is 0 Å². The molecule has 0 heterocycles. The summed E-state index contributed by atoms with van der Waals surface area (Å²) < 4.78 is 0. The Hall–Kier alpha value is -1.51. The van der Waals surface area contributed by atoms with Crippen molar-refractivity contribution in [1.29, 1.82) is 0 Å². The number of hydrazone groups is 1. The highest BCUT2D eigenvalue weighted by Gasteiger charge is 2.01. The van der Waals surface area contributed by atoms with Crippen molar-refractivity contribution in [2.45, 2.75) is 13.8 Å². The fraction of sp³-hybridized carbons (Fsp3) is 0.222. The highest BCUT2D eigenvalue weighted by molar-refractivity contribution is 5.98. The molecule has 0 aromatic heterocycles. The fourth-order valence-electron chi connectivity index (χ4n) is 1.17. The van der Waals surface area contributed by atoms with Crippen LogP contribution in [-0.2, 0) is 0 Å². The predicted octanol–water partition coefficient (Wildman–Crippen LogP) is 0.882. The molecule has 12 heavy (non-hydrogen) atoms. The van der Waals surface area contributed by atoms with Crippen LogP contribution in [0.4, 0.5) is 0 Å². The number of rotatable bonds is 1. The fourth-order valence-corrected chi connectivity index (χ4v) is 1.17. The number of hydrogen-bond acceptors (Lipinski definition) is 2. The van der Waals surface area contributed by atoms with Crippen molar-refractivity contribution in [3.8, 4) is 0 Å². The number of hydrogen-bond donors (Lipinski definition) is 2. The maximum Gasteiger partial charge on any atom is 0.150 e. The molecule has 3 heteroatoms. The Labute approximate surface area is 72.1 Å². The quantitative estimate of drug-likeness (QED) is 0.279. The molecule has 0 aliphatic rings. The Morgan fingerprint density at radius 3 is 2.50 bits per heavy atom. The highest BCUT2D eigenvalue weighted by atomic mass is 15.2. The van der Waals surface area contributed by atoms with Gasteiger partial charge >= 0.3 is 0 Å². The Morgan fingerprint density at radius 2 is 2.00 bits per heavy atom. The largest absolute Gasteiger partial charge is 0.382 e. The van der Waals surface area contributed by atoms with Gasteiger partial charge in [-0.2, -0.15) is 5.10 Å². The summed E-state index contributed by atoms with van der Waals surface area (Å²) in [6.45, 7) is 4.02. The van der Waals surface area contributed by atoms with Gasteiger partial charge in [0.05, 0.1) is 0 Å². The summed E-state index contributed by atoms with van der Waals surface area (Å²) in [6.07, 6.45) is 0. The van der Waals surface area contributed by atoms with Crippen LogP contribution in [0.3, 0.4) is 0 Å². The second kappa shape index (κ2) is 3.26. The highest BCUT2D eigenvalue weighted by Crippen LogP contribution is 2.09. The number of nitrogens with two attached hydrogens (primary N) is 2. The summed E-state index contributed by atoms with van der Waals surface area (Å²) in [5, 5.41) is 3.44. The van der Waals surface area contributed by atoms with E-state index in [1.54, 1.807) is 0 Å². The topological polar surface area (TPSA) is 64.4 Å². The van der Waals surface area contributed by atoms with Gasteiger partial charge in [-0.25, -0.2) is 0 Å². The van der Waals surface area contributed by atoms with Crippen molar-refractivity contribution in [2.75, 3.05) is 0 Å². The molecule has 0 fully saturated rings. The van der Waals surface area contributed by atoms with Crippen LogP contribution in [0.5, 0.6) is 0 Å². The summed E-state index contributed by atoms with van der Waals surface area (Å²) in [7, 11) is 0. The van der Waals surface area contributed by atoms with Crippen LogP contribution in [0.2, 0.25) is 0 Å². The first kappa shape index (κ1) is 8.59. The minimum Gasteiger partial charge on any atom is -0.382 e. The van der Waals surface area contributed by atoms with Crippen molar-refractivity contribution in [3.63, 3.8) is 0 Å². The molecule has 0 saturated heterocycles. The van der Waals surface area contributed by atoms with Crippen molar-refractivity contribution >= 4 is 5.84 Å². The van der Waals surface area contributed by atoms with Crippen LogP contribution in [0, 0.1) is 13.8 Å². The number of amidine groups is 1. The Balaban J connectivity index is 3.18. The van der Waals surface area contributed by atoms with Gasteiger partial charge in [0, 0.05) is 5.56 Å². The Kier molecular flexibility index (Phi) is 2.33. The third-order valence-corrected chi connectivity index (χ3v) is 1.80. The van der Waals surface area contributed by atoms with Crippen LogP contribution in [-0.4, -0.2) is 5.84 Å². The molecule has 0 spiro atoms. The SMILES string of the molecule is Cc1ccc(C(N)=NN)c(C)c1. The summed E-state index contributed by atoms with van der Waals surface area (Å²) in [6, 6.07) is 5.96. The zero-order valence-electron chi connectivity index (χ0n) is 7.33. The van der Waals surface area contributed by atoms with E-state index in [1.165, 1.54) is 5.56 Å².